The Hall–Kier alpha value is -1.78. The number of hydrogen-bond acceptors (Lipinski definition) is 3. The molecule has 5 heteroatoms. The van der Waals surface area contributed by atoms with Gasteiger partial charge in [-0.25, -0.2) is 8.78 Å². The molecule has 2 N–H and O–H groups in total. The van der Waals surface area contributed by atoms with Crippen LogP contribution in [-0.4, -0.2) is 0 Å². The summed E-state index contributed by atoms with van der Waals surface area (Å²) in [6.07, 6.45) is 1.83. The normalized spacial score (nSPS) is 15.3. The van der Waals surface area contributed by atoms with E-state index in [0.717, 1.165) is 6.07 Å². The summed E-state index contributed by atoms with van der Waals surface area (Å²) in [5.41, 5.74) is 5.34. The van der Waals surface area contributed by atoms with Crippen molar-refractivity contribution in [1.29, 1.82) is 0 Å². The lowest BCUT2D eigenvalue weighted by atomic mass is 10.1. The summed E-state index contributed by atoms with van der Waals surface area (Å²) in [5, 5.41) is 0. The number of benzene rings is 1. The van der Waals surface area contributed by atoms with E-state index in [1.807, 2.05) is 0 Å². The fourth-order valence-electron chi connectivity index (χ4n) is 1.17. The van der Waals surface area contributed by atoms with Crippen molar-refractivity contribution in [1.82, 2.24) is 0 Å². The van der Waals surface area contributed by atoms with Crippen molar-refractivity contribution < 1.29 is 18.3 Å². The molecule has 1 aromatic rings. The van der Waals surface area contributed by atoms with Crippen LogP contribution in [0.2, 0.25) is 0 Å². The summed E-state index contributed by atoms with van der Waals surface area (Å²) in [4.78, 5) is 0. The average Bonchev–Trinajstić information content (AvgIpc) is 2.67. The SMILES string of the molecule is Nc1c(C2OC=CO2)ccc(F)c1F. The molecule has 0 radical (unpaired) electrons. The van der Waals surface area contributed by atoms with Crippen molar-refractivity contribution in [3.8, 4) is 0 Å². The van der Waals surface area contributed by atoms with Gasteiger partial charge in [-0.2, -0.15) is 0 Å². The monoisotopic (exact) mass is 199 g/mol. The van der Waals surface area contributed by atoms with Crippen LogP contribution in [0, 0.1) is 11.6 Å². The van der Waals surface area contributed by atoms with E-state index in [1.165, 1.54) is 18.6 Å². The van der Waals surface area contributed by atoms with E-state index in [1.54, 1.807) is 0 Å². The zero-order chi connectivity index (χ0) is 10.1. The number of nitrogen functional groups attached to an aromatic ring is 1. The van der Waals surface area contributed by atoms with Crippen LogP contribution in [0.25, 0.3) is 0 Å². The summed E-state index contributed by atoms with van der Waals surface area (Å²) >= 11 is 0. The van der Waals surface area contributed by atoms with Crippen molar-refractivity contribution >= 4 is 5.69 Å². The fourth-order valence-corrected chi connectivity index (χ4v) is 1.17. The van der Waals surface area contributed by atoms with E-state index >= 15 is 0 Å². The van der Waals surface area contributed by atoms with E-state index in [-0.39, 0.29) is 11.3 Å². The maximum atomic E-state index is 13.0. The predicted molar refractivity (Wildman–Crippen MR) is 44.8 cm³/mol. The molecule has 0 aliphatic carbocycles. The summed E-state index contributed by atoms with van der Waals surface area (Å²) in [7, 11) is 0. The minimum atomic E-state index is -1.08. The summed E-state index contributed by atoms with van der Waals surface area (Å²) in [6.45, 7) is 0. The van der Waals surface area contributed by atoms with Crippen molar-refractivity contribution in [2.75, 3.05) is 5.73 Å². The fraction of sp³-hybridized carbons (Fsp3) is 0.111. The molecular weight excluding hydrogens is 192 g/mol. The molecule has 0 saturated heterocycles. The van der Waals surface area contributed by atoms with E-state index in [0.29, 0.717) is 0 Å². The topological polar surface area (TPSA) is 44.5 Å². The lowest BCUT2D eigenvalue weighted by Gasteiger charge is -2.13. The van der Waals surface area contributed by atoms with Gasteiger partial charge in [0.05, 0.1) is 11.3 Å². The molecule has 74 valence electrons. The van der Waals surface area contributed by atoms with E-state index in [2.05, 4.69) is 0 Å². The summed E-state index contributed by atoms with van der Waals surface area (Å²) < 4.78 is 35.6. The zero-order valence-electron chi connectivity index (χ0n) is 7.04. The Morgan fingerprint density at radius 1 is 1.14 bits per heavy atom. The molecule has 0 amide bonds. The van der Waals surface area contributed by atoms with Gasteiger partial charge in [-0.05, 0) is 12.1 Å². The van der Waals surface area contributed by atoms with Crippen LogP contribution in [0.4, 0.5) is 14.5 Å². The van der Waals surface area contributed by atoms with Gasteiger partial charge in [0, 0.05) is 0 Å². The molecule has 1 heterocycles. The highest BCUT2D eigenvalue weighted by Gasteiger charge is 2.21. The lowest BCUT2D eigenvalue weighted by Crippen LogP contribution is -2.06. The van der Waals surface area contributed by atoms with Gasteiger partial charge in [-0.15, -0.1) is 0 Å². The second-order valence-corrected chi connectivity index (χ2v) is 2.74. The average molecular weight is 199 g/mol. The second kappa shape index (κ2) is 3.17. The lowest BCUT2D eigenvalue weighted by molar-refractivity contribution is -0.0242. The molecule has 0 spiro atoms. The van der Waals surface area contributed by atoms with Gasteiger partial charge < -0.3 is 15.2 Å². The number of halogens is 2. The quantitative estimate of drug-likeness (QED) is 0.704. The Morgan fingerprint density at radius 3 is 2.43 bits per heavy atom. The third kappa shape index (κ3) is 1.26. The van der Waals surface area contributed by atoms with Crippen LogP contribution in [-0.2, 0) is 9.47 Å². The molecule has 0 fully saturated rings. The third-order valence-corrected chi connectivity index (χ3v) is 1.88. The van der Waals surface area contributed by atoms with Gasteiger partial charge in [0.2, 0.25) is 0 Å². The predicted octanol–water partition coefficient (Wildman–Crippen LogP) is 2.06. The van der Waals surface area contributed by atoms with Gasteiger partial charge in [-0.1, -0.05) is 0 Å². The first-order chi connectivity index (χ1) is 6.70. The number of nitrogens with two attached hydrogens (primary N) is 1. The maximum absolute atomic E-state index is 13.0. The summed E-state index contributed by atoms with van der Waals surface area (Å²) in [6, 6.07) is 2.30. The molecule has 1 aliphatic heterocycles. The van der Waals surface area contributed by atoms with Crippen LogP contribution < -0.4 is 5.73 Å². The molecule has 1 aliphatic rings. The van der Waals surface area contributed by atoms with Gasteiger partial charge in [0.1, 0.15) is 12.5 Å². The van der Waals surface area contributed by atoms with Crippen LogP contribution in [0.1, 0.15) is 11.9 Å². The van der Waals surface area contributed by atoms with Gasteiger partial charge in [0.25, 0.3) is 6.29 Å². The van der Waals surface area contributed by atoms with Crippen LogP contribution in [0.15, 0.2) is 24.7 Å². The number of rotatable bonds is 1. The third-order valence-electron chi connectivity index (χ3n) is 1.88. The summed E-state index contributed by atoms with van der Waals surface area (Å²) in [5.74, 6) is -2.07. The molecule has 2 rings (SSSR count). The van der Waals surface area contributed by atoms with Crippen LogP contribution in [0.3, 0.4) is 0 Å². The molecule has 3 nitrogen and oxygen atoms in total. The molecule has 0 saturated carbocycles. The van der Waals surface area contributed by atoms with Gasteiger partial charge >= 0.3 is 0 Å². The smallest absolute Gasteiger partial charge is 0.268 e. The second-order valence-electron chi connectivity index (χ2n) is 2.74. The molecule has 0 aromatic heterocycles. The van der Waals surface area contributed by atoms with Crippen molar-refractivity contribution in [3.63, 3.8) is 0 Å². The highest BCUT2D eigenvalue weighted by atomic mass is 19.2. The van der Waals surface area contributed by atoms with E-state index in [4.69, 9.17) is 15.2 Å². The molecular formula is C9H7F2NO2. The first-order valence-electron chi connectivity index (χ1n) is 3.89. The first kappa shape index (κ1) is 8.80. The maximum Gasteiger partial charge on any atom is 0.268 e. The minimum absolute atomic E-state index is 0.272. The van der Waals surface area contributed by atoms with Gasteiger partial charge in [-0.3, -0.25) is 0 Å². The van der Waals surface area contributed by atoms with E-state index < -0.39 is 17.9 Å². The highest BCUT2D eigenvalue weighted by Crippen LogP contribution is 2.30. The molecule has 0 bridgehead atoms. The number of anilines is 1. The Bertz CT molecular complexity index is 385. The molecule has 1 aromatic carbocycles. The van der Waals surface area contributed by atoms with Crippen molar-refractivity contribution in [3.05, 3.63) is 41.9 Å². The van der Waals surface area contributed by atoms with Crippen molar-refractivity contribution in [2.45, 2.75) is 6.29 Å². The van der Waals surface area contributed by atoms with Gasteiger partial charge in [0.15, 0.2) is 11.6 Å². The largest absolute Gasteiger partial charge is 0.455 e. The van der Waals surface area contributed by atoms with Crippen LogP contribution >= 0.6 is 0 Å². The Kier molecular flexibility index (Phi) is 1.99. The Balaban J connectivity index is 2.39. The molecule has 0 atom stereocenters. The first-order valence-corrected chi connectivity index (χ1v) is 3.89. The zero-order valence-corrected chi connectivity index (χ0v) is 7.04. The number of hydrogen-bond donors (Lipinski definition) is 1. The highest BCUT2D eigenvalue weighted by molar-refractivity contribution is 5.49. The molecule has 14 heavy (non-hydrogen) atoms. The standard InChI is InChI=1S/C9H7F2NO2/c10-6-2-1-5(8(12)7(6)11)9-13-3-4-14-9/h1-4,9H,12H2. The Morgan fingerprint density at radius 2 is 1.79 bits per heavy atom. The minimum Gasteiger partial charge on any atom is -0.455 e. The molecule has 0 unspecified atom stereocenters. The van der Waals surface area contributed by atoms with Crippen LogP contribution in [0.5, 0.6) is 0 Å². The van der Waals surface area contributed by atoms with E-state index in [9.17, 15) is 8.78 Å². The number of ether oxygens (including phenoxy) is 2. The van der Waals surface area contributed by atoms with Crippen molar-refractivity contribution in [2.24, 2.45) is 0 Å². The Labute approximate surface area is 78.7 Å².